The zero-order valence-electron chi connectivity index (χ0n) is 14.1. The van der Waals surface area contributed by atoms with Crippen LogP contribution in [0.15, 0.2) is 18.2 Å². The fourth-order valence-corrected chi connectivity index (χ4v) is 4.23. The highest BCUT2D eigenvalue weighted by Crippen LogP contribution is 2.38. The normalized spacial score (nSPS) is 29.8. The van der Waals surface area contributed by atoms with Gasteiger partial charge in [-0.1, -0.05) is 6.07 Å². The molecule has 1 aromatic carbocycles. The Morgan fingerprint density at radius 2 is 2.17 bits per heavy atom. The van der Waals surface area contributed by atoms with Crippen LogP contribution in [0.4, 0.5) is 4.39 Å². The lowest BCUT2D eigenvalue weighted by atomic mass is 9.71. The minimum absolute atomic E-state index is 0.0185. The van der Waals surface area contributed by atoms with E-state index in [-0.39, 0.29) is 17.3 Å². The van der Waals surface area contributed by atoms with Crippen LogP contribution in [0.5, 0.6) is 5.75 Å². The fourth-order valence-electron chi connectivity index (χ4n) is 4.23. The molecule has 0 radical (unpaired) electrons. The van der Waals surface area contributed by atoms with E-state index in [9.17, 15) is 9.50 Å². The van der Waals surface area contributed by atoms with E-state index in [1.54, 1.807) is 6.07 Å². The molecule has 0 saturated carbocycles. The molecule has 0 amide bonds. The van der Waals surface area contributed by atoms with Gasteiger partial charge in [0, 0.05) is 31.6 Å². The third-order valence-corrected chi connectivity index (χ3v) is 5.39. The molecule has 2 aliphatic heterocycles. The van der Waals surface area contributed by atoms with Crippen molar-refractivity contribution < 1.29 is 14.2 Å². The van der Waals surface area contributed by atoms with E-state index in [2.05, 4.69) is 16.8 Å². The number of ether oxygens (including phenoxy) is 1. The predicted octanol–water partition coefficient (Wildman–Crippen LogP) is 2.11. The second-order valence-corrected chi connectivity index (χ2v) is 7.19. The number of nitrogens with zero attached hydrogens (tertiary/aromatic N) is 2. The van der Waals surface area contributed by atoms with Gasteiger partial charge in [0.15, 0.2) is 11.6 Å². The maximum absolute atomic E-state index is 13.6. The molecule has 1 N–H and O–H groups in total. The Morgan fingerprint density at radius 1 is 1.35 bits per heavy atom. The van der Waals surface area contributed by atoms with Crippen molar-refractivity contribution in [2.24, 2.45) is 5.41 Å². The van der Waals surface area contributed by atoms with E-state index < -0.39 is 0 Å². The van der Waals surface area contributed by atoms with Gasteiger partial charge in [-0.3, -0.25) is 4.90 Å². The van der Waals surface area contributed by atoms with Crippen molar-refractivity contribution >= 4 is 0 Å². The zero-order chi connectivity index (χ0) is 16.4. The number of rotatable bonds is 3. The molecule has 2 heterocycles. The summed E-state index contributed by atoms with van der Waals surface area (Å²) in [6.07, 6.45) is 2.82. The van der Waals surface area contributed by atoms with Crippen LogP contribution in [0, 0.1) is 11.2 Å². The van der Waals surface area contributed by atoms with Gasteiger partial charge in [0.25, 0.3) is 0 Å². The number of methoxy groups -OCH3 is 1. The van der Waals surface area contributed by atoms with Crippen LogP contribution in [0.2, 0.25) is 0 Å². The molecule has 2 atom stereocenters. The van der Waals surface area contributed by atoms with Crippen LogP contribution in [0.25, 0.3) is 0 Å². The SMILES string of the molecule is COc1cc(CN2CCC[C@]3(CN(C)CC[C@@H]3O)C2)ccc1F. The molecule has 5 heteroatoms. The van der Waals surface area contributed by atoms with Gasteiger partial charge in [-0.15, -0.1) is 0 Å². The molecule has 0 aliphatic carbocycles. The highest BCUT2D eigenvalue weighted by Gasteiger charge is 2.44. The highest BCUT2D eigenvalue weighted by molar-refractivity contribution is 5.30. The van der Waals surface area contributed by atoms with E-state index in [0.717, 1.165) is 57.5 Å². The Kier molecular flexibility index (Phi) is 4.90. The monoisotopic (exact) mass is 322 g/mol. The van der Waals surface area contributed by atoms with E-state index >= 15 is 0 Å². The summed E-state index contributed by atoms with van der Waals surface area (Å²) < 4.78 is 18.6. The molecule has 0 unspecified atom stereocenters. The Morgan fingerprint density at radius 3 is 2.96 bits per heavy atom. The standard InChI is InChI=1S/C18H27FN2O2/c1-20-9-6-17(22)18(12-20)7-3-8-21(13-18)11-14-4-5-15(19)16(10-14)23-2/h4-5,10,17,22H,3,6-9,11-13H2,1-2H3/t17-,18-/m0/s1. The summed E-state index contributed by atoms with van der Waals surface area (Å²) in [7, 11) is 3.63. The van der Waals surface area contributed by atoms with Crippen molar-refractivity contribution in [3.8, 4) is 5.75 Å². The molecule has 0 aromatic heterocycles. The second kappa shape index (κ2) is 6.75. The Labute approximate surface area is 137 Å². The molecule has 2 saturated heterocycles. The number of hydrogen-bond donors (Lipinski definition) is 1. The minimum Gasteiger partial charge on any atom is -0.494 e. The van der Waals surface area contributed by atoms with E-state index in [4.69, 9.17) is 4.74 Å². The summed E-state index contributed by atoms with van der Waals surface area (Å²) in [5.74, 6) is -0.0256. The molecule has 0 bridgehead atoms. The molecule has 2 aliphatic rings. The second-order valence-electron chi connectivity index (χ2n) is 7.19. The van der Waals surface area contributed by atoms with Crippen molar-refractivity contribution in [1.82, 2.24) is 9.80 Å². The van der Waals surface area contributed by atoms with Gasteiger partial charge in [0.1, 0.15) is 0 Å². The number of piperidine rings is 2. The Balaban J connectivity index is 1.71. The molecule has 4 nitrogen and oxygen atoms in total. The first-order valence-corrected chi connectivity index (χ1v) is 8.44. The molecular formula is C18H27FN2O2. The van der Waals surface area contributed by atoms with Gasteiger partial charge in [-0.25, -0.2) is 4.39 Å². The zero-order valence-corrected chi connectivity index (χ0v) is 14.1. The summed E-state index contributed by atoms with van der Waals surface area (Å²) in [5.41, 5.74) is 1.04. The van der Waals surface area contributed by atoms with Crippen molar-refractivity contribution in [2.45, 2.75) is 31.9 Å². The van der Waals surface area contributed by atoms with Crippen molar-refractivity contribution in [3.05, 3.63) is 29.6 Å². The smallest absolute Gasteiger partial charge is 0.165 e. The number of likely N-dealkylation sites (tertiary alicyclic amines) is 2. The molecule has 1 spiro atoms. The van der Waals surface area contributed by atoms with Crippen LogP contribution >= 0.6 is 0 Å². The van der Waals surface area contributed by atoms with Gasteiger partial charge in [0.2, 0.25) is 0 Å². The van der Waals surface area contributed by atoms with Gasteiger partial charge < -0.3 is 14.7 Å². The van der Waals surface area contributed by atoms with Crippen molar-refractivity contribution in [2.75, 3.05) is 40.3 Å². The van der Waals surface area contributed by atoms with Gasteiger partial charge in [-0.2, -0.15) is 0 Å². The summed E-state index contributed by atoms with van der Waals surface area (Å²) in [6.45, 7) is 4.63. The van der Waals surface area contributed by atoms with Crippen LogP contribution < -0.4 is 4.74 Å². The molecule has 2 fully saturated rings. The number of hydrogen-bond acceptors (Lipinski definition) is 4. The average Bonchev–Trinajstić information content (AvgIpc) is 2.53. The first-order valence-electron chi connectivity index (χ1n) is 8.44. The Hall–Kier alpha value is -1.17. The quantitative estimate of drug-likeness (QED) is 0.925. The summed E-state index contributed by atoms with van der Waals surface area (Å²) in [6, 6.07) is 5.07. The number of aliphatic hydroxyl groups excluding tert-OH is 1. The lowest BCUT2D eigenvalue weighted by Gasteiger charge is -2.50. The van der Waals surface area contributed by atoms with Gasteiger partial charge >= 0.3 is 0 Å². The minimum atomic E-state index is -0.323. The molecule has 1 aromatic rings. The number of benzene rings is 1. The fraction of sp³-hybridized carbons (Fsp3) is 0.667. The largest absolute Gasteiger partial charge is 0.494 e. The molecular weight excluding hydrogens is 295 g/mol. The van der Waals surface area contributed by atoms with Crippen LogP contribution in [0.1, 0.15) is 24.8 Å². The topological polar surface area (TPSA) is 35.9 Å². The van der Waals surface area contributed by atoms with Gasteiger partial charge in [0.05, 0.1) is 13.2 Å². The van der Waals surface area contributed by atoms with E-state index in [1.165, 1.54) is 13.2 Å². The van der Waals surface area contributed by atoms with E-state index in [0.29, 0.717) is 5.75 Å². The third-order valence-electron chi connectivity index (χ3n) is 5.39. The van der Waals surface area contributed by atoms with Crippen LogP contribution in [-0.2, 0) is 6.54 Å². The molecule has 128 valence electrons. The van der Waals surface area contributed by atoms with Crippen molar-refractivity contribution in [1.29, 1.82) is 0 Å². The van der Waals surface area contributed by atoms with Crippen LogP contribution in [0.3, 0.4) is 0 Å². The van der Waals surface area contributed by atoms with Crippen molar-refractivity contribution in [3.63, 3.8) is 0 Å². The lowest BCUT2D eigenvalue weighted by molar-refractivity contribution is -0.0807. The predicted molar refractivity (Wildman–Crippen MR) is 88.0 cm³/mol. The Bertz CT molecular complexity index is 554. The van der Waals surface area contributed by atoms with Gasteiger partial charge in [-0.05, 0) is 50.6 Å². The lowest BCUT2D eigenvalue weighted by Crippen LogP contribution is -2.58. The summed E-state index contributed by atoms with van der Waals surface area (Å²) >= 11 is 0. The highest BCUT2D eigenvalue weighted by atomic mass is 19.1. The third kappa shape index (κ3) is 3.52. The van der Waals surface area contributed by atoms with Crippen LogP contribution in [-0.4, -0.2) is 61.3 Å². The number of aliphatic hydroxyl groups is 1. The first-order chi connectivity index (χ1) is 11.0. The summed E-state index contributed by atoms with van der Waals surface area (Å²) in [5, 5.41) is 10.6. The molecule has 23 heavy (non-hydrogen) atoms. The maximum Gasteiger partial charge on any atom is 0.165 e. The van der Waals surface area contributed by atoms with E-state index in [1.807, 2.05) is 6.07 Å². The number of halogens is 1. The average molecular weight is 322 g/mol. The molecule has 3 rings (SSSR count). The first kappa shape index (κ1) is 16.7. The summed E-state index contributed by atoms with van der Waals surface area (Å²) in [4.78, 5) is 4.72. The maximum atomic E-state index is 13.6.